The molecule has 0 spiro atoms. The van der Waals surface area contributed by atoms with Crippen LogP contribution >= 0.6 is 0 Å². The first-order valence-electron chi connectivity index (χ1n) is 5.03. The highest BCUT2D eigenvalue weighted by molar-refractivity contribution is 5.93. The highest BCUT2D eigenvalue weighted by Gasteiger charge is 2.09. The Morgan fingerprint density at radius 1 is 1.42 bits per heavy atom. The molecule has 3 aromatic heterocycles. The highest BCUT2D eigenvalue weighted by Crippen LogP contribution is 2.02. The number of aromatic amines is 1. The molecule has 0 bridgehead atoms. The predicted molar refractivity (Wildman–Crippen MR) is 61.0 cm³/mol. The van der Waals surface area contributed by atoms with Gasteiger partial charge in [-0.3, -0.25) is 0 Å². The Bertz CT molecular complexity index is 826. The van der Waals surface area contributed by atoms with Crippen molar-refractivity contribution in [1.29, 1.82) is 0 Å². The van der Waals surface area contributed by atoms with Crippen LogP contribution in [-0.4, -0.2) is 45.6 Å². The number of nitrogens with zero attached hydrogens (tertiary/aromatic N) is 7. The summed E-state index contributed by atoms with van der Waals surface area (Å²) in [4.78, 5) is 15.2. The van der Waals surface area contributed by atoms with Crippen LogP contribution in [0.1, 0.15) is 5.82 Å². The van der Waals surface area contributed by atoms with Crippen molar-refractivity contribution < 1.29 is 5.21 Å². The van der Waals surface area contributed by atoms with Crippen molar-refractivity contribution in [3.8, 4) is 5.82 Å². The van der Waals surface area contributed by atoms with E-state index < -0.39 is 5.69 Å². The van der Waals surface area contributed by atoms with Crippen molar-refractivity contribution in [2.75, 3.05) is 0 Å². The van der Waals surface area contributed by atoms with Crippen LogP contribution in [0.4, 0.5) is 0 Å². The first-order chi connectivity index (χ1) is 9.19. The Balaban J connectivity index is 2.11. The van der Waals surface area contributed by atoms with Gasteiger partial charge in [0.15, 0.2) is 11.5 Å². The normalized spacial score (nSPS) is 12.1. The van der Waals surface area contributed by atoms with Crippen LogP contribution in [0.2, 0.25) is 0 Å². The zero-order valence-corrected chi connectivity index (χ0v) is 9.30. The summed E-state index contributed by atoms with van der Waals surface area (Å²) in [6.07, 6.45) is 1.33. The molecule has 96 valence electrons. The van der Waals surface area contributed by atoms with Gasteiger partial charge in [0.1, 0.15) is 6.33 Å². The molecule has 3 heterocycles. The first kappa shape index (κ1) is 10.9. The Morgan fingerprint density at radius 3 is 3.05 bits per heavy atom. The van der Waals surface area contributed by atoms with Crippen molar-refractivity contribution in [2.45, 2.75) is 0 Å². The number of fused-ring (bicyclic) bond motifs is 1. The van der Waals surface area contributed by atoms with E-state index in [1.54, 1.807) is 12.1 Å². The second-order valence-electron chi connectivity index (χ2n) is 3.49. The fraction of sp³-hybridized carbons (Fsp3) is 0. The van der Waals surface area contributed by atoms with E-state index in [1.807, 2.05) is 0 Å². The number of aromatic nitrogens is 7. The maximum absolute atomic E-state index is 11.4. The van der Waals surface area contributed by atoms with Crippen LogP contribution in [0.5, 0.6) is 0 Å². The molecule has 0 saturated heterocycles. The zero-order valence-electron chi connectivity index (χ0n) is 9.30. The molecular formula is C8H7N9O2. The van der Waals surface area contributed by atoms with Gasteiger partial charge in [-0.2, -0.15) is 9.61 Å². The number of hydrogen-bond acceptors (Lipinski definition) is 7. The number of hydrogen-bond donors (Lipinski definition) is 3. The average molecular weight is 261 g/mol. The van der Waals surface area contributed by atoms with E-state index in [9.17, 15) is 4.79 Å². The monoisotopic (exact) mass is 261 g/mol. The topological polar surface area (TPSA) is 152 Å². The van der Waals surface area contributed by atoms with Crippen LogP contribution in [0.15, 0.2) is 28.4 Å². The summed E-state index contributed by atoms with van der Waals surface area (Å²) < 4.78 is 2.37. The lowest BCUT2D eigenvalue weighted by Gasteiger charge is -1.98. The summed E-state index contributed by atoms with van der Waals surface area (Å²) in [5, 5.41) is 25.3. The van der Waals surface area contributed by atoms with Gasteiger partial charge in [0.2, 0.25) is 11.7 Å². The third kappa shape index (κ3) is 1.69. The zero-order chi connectivity index (χ0) is 13.4. The van der Waals surface area contributed by atoms with E-state index in [0.717, 1.165) is 4.52 Å². The Hall–Kier alpha value is -3.24. The quantitative estimate of drug-likeness (QED) is 0.210. The Morgan fingerprint density at radius 2 is 2.26 bits per heavy atom. The SMILES string of the molecule is NC(=NO)c1ncn(-c2ccc3n[nH]c(=O)n3n2)n1. The molecule has 19 heavy (non-hydrogen) atoms. The number of H-pyrrole nitrogens is 1. The lowest BCUT2D eigenvalue weighted by molar-refractivity contribution is 0.318. The number of rotatable bonds is 2. The summed E-state index contributed by atoms with van der Waals surface area (Å²) in [5.41, 5.74) is 5.27. The maximum atomic E-state index is 11.4. The standard InChI is InChI=1S/C8H7N9O2/c9-6(15-19)7-10-3-16(14-7)5-2-1-4-11-12-8(18)17(4)13-5/h1-3,19H,(H2,9,15)(H,12,18). The van der Waals surface area contributed by atoms with Crippen molar-refractivity contribution in [3.05, 3.63) is 34.8 Å². The molecule has 3 aromatic rings. The van der Waals surface area contributed by atoms with Gasteiger partial charge < -0.3 is 10.9 Å². The highest BCUT2D eigenvalue weighted by atomic mass is 16.4. The molecule has 0 aromatic carbocycles. The van der Waals surface area contributed by atoms with Crippen LogP contribution in [0.25, 0.3) is 11.5 Å². The summed E-state index contributed by atoms with van der Waals surface area (Å²) in [6, 6.07) is 3.19. The minimum absolute atomic E-state index is 0.0453. The van der Waals surface area contributed by atoms with E-state index in [2.05, 4.69) is 30.5 Å². The van der Waals surface area contributed by atoms with Gasteiger partial charge in [0.05, 0.1) is 0 Å². The lowest BCUT2D eigenvalue weighted by atomic mass is 10.5. The van der Waals surface area contributed by atoms with Crippen molar-refractivity contribution >= 4 is 11.5 Å². The van der Waals surface area contributed by atoms with E-state index >= 15 is 0 Å². The number of oxime groups is 1. The maximum Gasteiger partial charge on any atom is 0.364 e. The smallest absolute Gasteiger partial charge is 0.364 e. The van der Waals surface area contributed by atoms with Crippen LogP contribution in [0.3, 0.4) is 0 Å². The molecule has 0 aliphatic heterocycles. The molecule has 0 aliphatic carbocycles. The average Bonchev–Trinajstić information content (AvgIpc) is 3.05. The molecule has 0 aliphatic rings. The molecule has 0 amide bonds. The fourth-order valence-electron chi connectivity index (χ4n) is 1.45. The molecule has 0 saturated carbocycles. The van der Waals surface area contributed by atoms with Gasteiger partial charge in [-0.1, -0.05) is 5.16 Å². The third-order valence-electron chi connectivity index (χ3n) is 2.32. The second-order valence-corrected chi connectivity index (χ2v) is 3.49. The molecule has 0 radical (unpaired) electrons. The molecule has 0 atom stereocenters. The lowest BCUT2D eigenvalue weighted by Crippen LogP contribution is -2.16. The molecule has 0 unspecified atom stereocenters. The molecule has 4 N–H and O–H groups in total. The predicted octanol–water partition coefficient (Wildman–Crippen LogP) is -1.91. The van der Waals surface area contributed by atoms with Crippen molar-refractivity contribution in [3.63, 3.8) is 0 Å². The fourth-order valence-corrected chi connectivity index (χ4v) is 1.45. The summed E-state index contributed by atoms with van der Waals surface area (Å²) in [5.74, 6) is 0.157. The van der Waals surface area contributed by atoms with Crippen LogP contribution in [0, 0.1) is 0 Å². The molecule has 0 fully saturated rings. The molecule has 11 heteroatoms. The van der Waals surface area contributed by atoms with Crippen molar-refractivity contribution in [2.24, 2.45) is 10.9 Å². The van der Waals surface area contributed by atoms with Crippen LogP contribution in [-0.2, 0) is 0 Å². The minimum Gasteiger partial charge on any atom is -0.409 e. The van der Waals surface area contributed by atoms with E-state index in [4.69, 9.17) is 10.9 Å². The van der Waals surface area contributed by atoms with Gasteiger partial charge in [0.25, 0.3) is 0 Å². The van der Waals surface area contributed by atoms with Gasteiger partial charge in [-0.15, -0.1) is 10.2 Å². The molecule has 11 nitrogen and oxygen atoms in total. The first-order valence-corrected chi connectivity index (χ1v) is 5.03. The minimum atomic E-state index is -0.464. The Kier molecular flexibility index (Phi) is 2.24. The summed E-state index contributed by atoms with van der Waals surface area (Å²) in [6.45, 7) is 0. The number of amidine groups is 1. The van der Waals surface area contributed by atoms with Gasteiger partial charge in [-0.05, 0) is 12.1 Å². The summed E-state index contributed by atoms with van der Waals surface area (Å²) >= 11 is 0. The second kappa shape index (κ2) is 3.90. The van der Waals surface area contributed by atoms with E-state index in [0.29, 0.717) is 11.5 Å². The van der Waals surface area contributed by atoms with Crippen molar-refractivity contribution in [1.82, 2.24) is 34.6 Å². The number of nitrogens with two attached hydrogens (primary N) is 1. The van der Waals surface area contributed by atoms with E-state index in [1.165, 1.54) is 11.0 Å². The van der Waals surface area contributed by atoms with Crippen LogP contribution < -0.4 is 11.4 Å². The Labute approximate surface area is 104 Å². The number of nitrogens with one attached hydrogen (secondary N) is 1. The van der Waals surface area contributed by atoms with Gasteiger partial charge in [-0.25, -0.2) is 19.6 Å². The molecule has 3 rings (SSSR count). The molecular weight excluding hydrogens is 254 g/mol. The van der Waals surface area contributed by atoms with Gasteiger partial charge in [0, 0.05) is 0 Å². The summed E-state index contributed by atoms with van der Waals surface area (Å²) in [7, 11) is 0. The largest absolute Gasteiger partial charge is 0.409 e. The van der Waals surface area contributed by atoms with E-state index in [-0.39, 0.29) is 11.7 Å². The van der Waals surface area contributed by atoms with Gasteiger partial charge >= 0.3 is 5.69 Å². The third-order valence-corrected chi connectivity index (χ3v) is 2.32.